The van der Waals surface area contributed by atoms with Gasteiger partial charge < -0.3 is 20.1 Å². The van der Waals surface area contributed by atoms with E-state index in [0.717, 1.165) is 55.2 Å². The first-order valence-electron chi connectivity index (χ1n) is 10.3. The summed E-state index contributed by atoms with van der Waals surface area (Å²) in [7, 11) is 0. The van der Waals surface area contributed by atoms with Crippen LogP contribution in [0.3, 0.4) is 0 Å². The minimum Gasteiger partial charge on any atom is -0.484 e. The Labute approximate surface area is 188 Å². The van der Waals surface area contributed by atoms with Crippen LogP contribution in [-0.2, 0) is 22.4 Å². The minimum atomic E-state index is -0.273. The maximum absolute atomic E-state index is 13.0. The number of rotatable bonds is 7. The Morgan fingerprint density at radius 2 is 1.97 bits per heavy atom. The van der Waals surface area contributed by atoms with Crippen molar-refractivity contribution in [2.75, 3.05) is 25.1 Å². The first kappa shape index (κ1) is 21.3. The smallest absolute Gasteiger partial charge is 0.262 e. The molecular formula is C22H25BrN2O4S. The quantitative estimate of drug-likeness (QED) is 0.603. The standard InChI is InChI=1S/C22H25BrN2O4S/c23-14-7-9-15(10-8-14)29-13-19(26)25-22-20(17-5-1-2-6-18(17)30-22)21(27)24-12-16-4-3-11-28-16/h7-10,16H,1-6,11-13H2,(H,24,27)(H,25,26)/t16-/m0/s1. The summed E-state index contributed by atoms with van der Waals surface area (Å²) >= 11 is 4.89. The van der Waals surface area contributed by atoms with Gasteiger partial charge in [-0.2, -0.15) is 0 Å². The minimum absolute atomic E-state index is 0.0840. The van der Waals surface area contributed by atoms with Crippen LogP contribution < -0.4 is 15.4 Å². The van der Waals surface area contributed by atoms with Gasteiger partial charge >= 0.3 is 0 Å². The summed E-state index contributed by atoms with van der Waals surface area (Å²) in [6.07, 6.45) is 6.10. The van der Waals surface area contributed by atoms with Crippen molar-refractivity contribution < 1.29 is 19.1 Å². The fourth-order valence-electron chi connectivity index (χ4n) is 3.84. The number of hydrogen-bond donors (Lipinski definition) is 2. The number of anilines is 1. The van der Waals surface area contributed by atoms with E-state index in [0.29, 0.717) is 22.9 Å². The van der Waals surface area contributed by atoms with Gasteiger partial charge in [0.2, 0.25) is 0 Å². The van der Waals surface area contributed by atoms with Crippen molar-refractivity contribution >= 4 is 44.1 Å². The second-order valence-electron chi connectivity index (χ2n) is 7.55. The van der Waals surface area contributed by atoms with Crippen LogP contribution in [0, 0.1) is 0 Å². The molecule has 6 nitrogen and oxygen atoms in total. The molecule has 1 saturated heterocycles. The van der Waals surface area contributed by atoms with Gasteiger partial charge in [-0.1, -0.05) is 15.9 Å². The highest BCUT2D eigenvalue weighted by molar-refractivity contribution is 9.10. The Morgan fingerprint density at radius 3 is 2.73 bits per heavy atom. The number of carbonyl (C=O) groups excluding carboxylic acids is 2. The SMILES string of the molecule is O=C(COc1ccc(Br)cc1)Nc1sc2c(c1C(=O)NC[C@@H]1CCCO1)CCCC2. The van der Waals surface area contributed by atoms with Crippen LogP contribution in [0.15, 0.2) is 28.7 Å². The lowest BCUT2D eigenvalue weighted by atomic mass is 9.95. The van der Waals surface area contributed by atoms with E-state index in [1.807, 2.05) is 12.1 Å². The van der Waals surface area contributed by atoms with Crippen molar-refractivity contribution in [3.63, 3.8) is 0 Å². The van der Waals surface area contributed by atoms with Gasteiger partial charge in [-0.3, -0.25) is 9.59 Å². The lowest BCUT2D eigenvalue weighted by Gasteiger charge is -2.15. The van der Waals surface area contributed by atoms with Crippen LogP contribution in [0.2, 0.25) is 0 Å². The predicted octanol–water partition coefficient (Wildman–Crippen LogP) is 4.32. The molecule has 2 aliphatic rings. The fourth-order valence-corrected chi connectivity index (χ4v) is 5.40. The van der Waals surface area contributed by atoms with Crippen molar-refractivity contribution in [1.29, 1.82) is 0 Å². The van der Waals surface area contributed by atoms with Crippen molar-refractivity contribution in [2.45, 2.75) is 44.6 Å². The van der Waals surface area contributed by atoms with Crippen LogP contribution in [-0.4, -0.2) is 37.7 Å². The van der Waals surface area contributed by atoms with Crippen molar-refractivity contribution in [1.82, 2.24) is 5.32 Å². The van der Waals surface area contributed by atoms with E-state index >= 15 is 0 Å². The van der Waals surface area contributed by atoms with Crippen LogP contribution in [0.5, 0.6) is 5.75 Å². The molecule has 1 aliphatic carbocycles. The van der Waals surface area contributed by atoms with Gasteiger partial charge in [0.25, 0.3) is 11.8 Å². The van der Waals surface area contributed by atoms with E-state index in [2.05, 4.69) is 26.6 Å². The van der Waals surface area contributed by atoms with E-state index in [1.165, 1.54) is 16.2 Å². The molecule has 2 amide bonds. The highest BCUT2D eigenvalue weighted by Crippen LogP contribution is 2.38. The van der Waals surface area contributed by atoms with Gasteiger partial charge in [-0.25, -0.2) is 0 Å². The van der Waals surface area contributed by atoms with Crippen LogP contribution >= 0.6 is 27.3 Å². The number of ether oxygens (including phenoxy) is 2. The summed E-state index contributed by atoms with van der Waals surface area (Å²) in [5, 5.41) is 6.54. The fraction of sp³-hybridized carbons (Fsp3) is 0.455. The largest absolute Gasteiger partial charge is 0.484 e. The third-order valence-corrected chi connectivity index (χ3v) is 7.09. The van der Waals surface area contributed by atoms with Gasteiger partial charge in [0.05, 0.1) is 11.7 Å². The molecule has 8 heteroatoms. The van der Waals surface area contributed by atoms with Crippen molar-refractivity contribution in [3.8, 4) is 5.75 Å². The number of thiophene rings is 1. The molecule has 1 fully saturated rings. The Hall–Kier alpha value is -1.90. The lowest BCUT2D eigenvalue weighted by molar-refractivity contribution is -0.118. The first-order chi connectivity index (χ1) is 14.6. The molecule has 0 saturated carbocycles. The van der Waals surface area contributed by atoms with Gasteiger partial charge in [0, 0.05) is 22.5 Å². The number of benzene rings is 1. The number of nitrogens with one attached hydrogen (secondary N) is 2. The Morgan fingerprint density at radius 1 is 1.17 bits per heavy atom. The molecule has 0 unspecified atom stereocenters. The zero-order chi connectivity index (χ0) is 20.9. The number of hydrogen-bond acceptors (Lipinski definition) is 5. The highest BCUT2D eigenvalue weighted by Gasteiger charge is 2.27. The summed E-state index contributed by atoms with van der Waals surface area (Å²) < 4.78 is 12.1. The molecule has 2 aromatic rings. The van der Waals surface area contributed by atoms with E-state index < -0.39 is 0 Å². The molecule has 1 aromatic carbocycles. The molecule has 1 aromatic heterocycles. The van der Waals surface area contributed by atoms with E-state index in [-0.39, 0.29) is 24.5 Å². The van der Waals surface area contributed by atoms with Crippen molar-refractivity contribution in [2.24, 2.45) is 0 Å². The average molecular weight is 493 g/mol. The second-order valence-corrected chi connectivity index (χ2v) is 9.57. The Kier molecular flexibility index (Phi) is 7.07. The molecule has 2 N–H and O–H groups in total. The maximum atomic E-state index is 13.0. The third-order valence-electron chi connectivity index (χ3n) is 5.35. The van der Waals surface area contributed by atoms with Gasteiger partial charge in [-0.15, -0.1) is 11.3 Å². The molecule has 30 heavy (non-hydrogen) atoms. The van der Waals surface area contributed by atoms with Gasteiger partial charge in [0.15, 0.2) is 6.61 Å². The van der Waals surface area contributed by atoms with Crippen LogP contribution in [0.4, 0.5) is 5.00 Å². The molecule has 1 aliphatic heterocycles. The lowest BCUT2D eigenvalue weighted by Crippen LogP contribution is -2.33. The van der Waals surface area contributed by atoms with E-state index in [4.69, 9.17) is 9.47 Å². The van der Waals surface area contributed by atoms with Gasteiger partial charge in [-0.05, 0) is 68.4 Å². The first-order valence-corrected chi connectivity index (χ1v) is 11.9. The topological polar surface area (TPSA) is 76.7 Å². The molecule has 0 bridgehead atoms. The number of carbonyl (C=O) groups is 2. The molecule has 4 rings (SSSR count). The molecule has 1 atom stereocenters. The molecular weight excluding hydrogens is 468 g/mol. The molecule has 0 radical (unpaired) electrons. The highest BCUT2D eigenvalue weighted by atomic mass is 79.9. The second kappa shape index (κ2) is 9.94. The average Bonchev–Trinajstić information content (AvgIpc) is 3.39. The number of halogens is 1. The van der Waals surface area contributed by atoms with E-state index in [9.17, 15) is 9.59 Å². The Bertz CT molecular complexity index is 907. The molecule has 0 spiro atoms. The van der Waals surface area contributed by atoms with Crippen molar-refractivity contribution in [3.05, 3.63) is 44.7 Å². The number of amides is 2. The summed E-state index contributed by atoms with van der Waals surface area (Å²) in [5.41, 5.74) is 1.70. The maximum Gasteiger partial charge on any atom is 0.262 e. The summed E-state index contributed by atoms with van der Waals surface area (Å²) in [4.78, 5) is 26.7. The van der Waals surface area contributed by atoms with Gasteiger partial charge in [0.1, 0.15) is 10.8 Å². The normalized spacial score (nSPS) is 18.0. The molecule has 160 valence electrons. The predicted molar refractivity (Wildman–Crippen MR) is 121 cm³/mol. The zero-order valence-corrected chi connectivity index (χ0v) is 19.1. The van der Waals surface area contributed by atoms with Crippen LogP contribution in [0.1, 0.15) is 46.5 Å². The van der Waals surface area contributed by atoms with E-state index in [1.54, 1.807) is 12.1 Å². The third kappa shape index (κ3) is 5.22. The molecule has 2 heterocycles. The zero-order valence-electron chi connectivity index (χ0n) is 16.7. The summed E-state index contributed by atoms with van der Waals surface area (Å²) in [5.74, 6) is 0.215. The Balaban J connectivity index is 1.43. The monoisotopic (exact) mass is 492 g/mol. The van der Waals surface area contributed by atoms with Crippen LogP contribution in [0.25, 0.3) is 0 Å². The number of fused-ring (bicyclic) bond motifs is 1. The summed E-state index contributed by atoms with van der Waals surface area (Å²) in [6.45, 7) is 1.15. The number of aryl methyl sites for hydroxylation is 1. The summed E-state index contributed by atoms with van der Waals surface area (Å²) in [6, 6.07) is 7.31.